The third kappa shape index (κ3) is 0.853. The van der Waals surface area contributed by atoms with Gasteiger partial charge in [-0.05, 0) is 13.8 Å². The summed E-state index contributed by atoms with van der Waals surface area (Å²) in [6.07, 6.45) is -0.667. The Labute approximate surface area is 53.0 Å². The third-order valence-electron chi connectivity index (χ3n) is 1.30. The summed E-state index contributed by atoms with van der Waals surface area (Å²) in [5, 5.41) is 9.49. The number of cyclic esters (lactones) is 1. The van der Waals surface area contributed by atoms with Gasteiger partial charge in [0.2, 0.25) is 0 Å². The van der Waals surface area contributed by atoms with Gasteiger partial charge in [0, 0.05) is 0 Å². The van der Waals surface area contributed by atoms with E-state index in [1.54, 1.807) is 13.8 Å². The molecular weight excluding hydrogens is 122 g/mol. The average Bonchev–Trinajstić information content (AvgIpc) is 1.97. The van der Waals surface area contributed by atoms with Gasteiger partial charge in [0.25, 0.3) is 0 Å². The summed E-state index contributed by atoms with van der Waals surface area (Å²) in [6.45, 7) is 3.69. The number of hydrogen-bond donors (Lipinski definition) is 1. The van der Waals surface area contributed by atoms with Gasteiger partial charge < -0.3 is 4.74 Å². The van der Waals surface area contributed by atoms with Crippen LogP contribution in [0.4, 0.5) is 4.79 Å². The van der Waals surface area contributed by atoms with E-state index < -0.39 is 11.6 Å². The Morgan fingerprint density at radius 2 is 2.33 bits per heavy atom. The molecule has 52 valence electrons. The highest BCUT2D eigenvalue weighted by Gasteiger charge is 2.39. The summed E-state index contributed by atoms with van der Waals surface area (Å²) in [5.74, 6) is 0. The molecule has 1 rings (SSSR count). The fourth-order valence-electron chi connectivity index (χ4n) is 0.608. The van der Waals surface area contributed by atoms with Crippen LogP contribution >= 0.6 is 0 Å². The van der Waals surface area contributed by atoms with Crippen molar-refractivity contribution in [1.82, 2.24) is 5.06 Å². The van der Waals surface area contributed by atoms with Crippen LogP contribution < -0.4 is 0 Å². The number of hydrogen-bond acceptors (Lipinski definition) is 3. The van der Waals surface area contributed by atoms with Gasteiger partial charge in [-0.3, -0.25) is 5.21 Å². The zero-order valence-electron chi connectivity index (χ0n) is 5.42. The van der Waals surface area contributed by atoms with Gasteiger partial charge >= 0.3 is 6.09 Å². The Balaban J connectivity index is 2.73. The van der Waals surface area contributed by atoms with E-state index in [4.69, 9.17) is 5.21 Å². The predicted molar refractivity (Wildman–Crippen MR) is 29.1 cm³/mol. The van der Waals surface area contributed by atoms with E-state index >= 15 is 0 Å². The summed E-state index contributed by atoms with van der Waals surface area (Å²) in [4.78, 5) is 10.4. The maximum atomic E-state index is 10.4. The lowest BCUT2D eigenvalue weighted by Gasteiger charge is -2.19. The van der Waals surface area contributed by atoms with Crippen molar-refractivity contribution in [1.29, 1.82) is 0 Å². The van der Waals surface area contributed by atoms with E-state index in [-0.39, 0.29) is 6.61 Å². The van der Waals surface area contributed by atoms with Crippen LogP contribution in [0.5, 0.6) is 0 Å². The Kier molecular flexibility index (Phi) is 1.13. The Morgan fingerprint density at radius 3 is 2.44 bits per heavy atom. The van der Waals surface area contributed by atoms with Crippen LogP contribution in [0.15, 0.2) is 0 Å². The first kappa shape index (κ1) is 6.35. The molecule has 0 bridgehead atoms. The molecule has 4 heteroatoms. The molecular formula is C5H9NO3. The average molecular weight is 131 g/mol. The molecule has 1 N–H and O–H groups in total. The molecule has 1 amide bonds. The minimum absolute atomic E-state index is 0.252. The van der Waals surface area contributed by atoms with E-state index in [0.717, 1.165) is 0 Å². The molecule has 0 aromatic heterocycles. The van der Waals surface area contributed by atoms with Crippen molar-refractivity contribution >= 4 is 6.09 Å². The van der Waals surface area contributed by atoms with Crippen molar-refractivity contribution in [2.75, 3.05) is 6.61 Å². The Morgan fingerprint density at radius 1 is 1.78 bits per heavy atom. The molecule has 1 heterocycles. The van der Waals surface area contributed by atoms with Gasteiger partial charge in [0.15, 0.2) is 0 Å². The number of ether oxygens (including phenoxy) is 1. The molecule has 0 spiro atoms. The highest BCUT2D eigenvalue weighted by atomic mass is 16.7. The molecule has 0 saturated carbocycles. The van der Waals surface area contributed by atoms with Gasteiger partial charge in [0.05, 0.1) is 0 Å². The highest BCUT2D eigenvalue weighted by Crippen LogP contribution is 2.19. The second kappa shape index (κ2) is 1.60. The first-order valence-electron chi connectivity index (χ1n) is 2.70. The lowest BCUT2D eigenvalue weighted by Crippen LogP contribution is -2.38. The number of carbonyl (C=O) groups excluding carboxylic acids is 1. The number of amides is 1. The molecule has 1 aliphatic heterocycles. The number of hydroxylamine groups is 2. The van der Waals surface area contributed by atoms with Crippen LogP contribution in [0.3, 0.4) is 0 Å². The maximum Gasteiger partial charge on any atom is 0.434 e. The quantitative estimate of drug-likeness (QED) is 0.490. The second-order valence-corrected chi connectivity index (χ2v) is 2.68. The summed E-state index contributed by atoms with van der Waals surface area (Å²) in [6, 6.07) is 0. The monoisotopic (exact) mass is 131 g/mol. The molecule has 0 atom stereocenters. The van der Waals surface area contributed by atoms with Crippen LogP contribution in [0.1, 0.15) is 13.8 Å². The SMILES string of the molecule is CC1(C)COC(=O)N1O. The highest BCUT2D eigenvalue weighted by molar-refractivity contribution is 5.69. The summed E-state index contributed by atoms with van der Waals surface area (Å²) < 4.78 is 4.52. The van der Waals surface area contributed by atoms with Crippen LogP contribution in [0.25, 0.3) is 0 Å². The number of rotatable bonds is 0. The molecule has 1 aliphatic rings. The van der Waals surface area contributed by atoms with E-state index in [9.17, 15) is 4.79 Å². The van der Waals surface area contributed by atoms with Crippen LogP contribution in [0, 0.1) is 0 Å². The van der Waals surface area contributed by atoms with Gasteiger partial charge in [-0.25, -0.2) is 4.79 Å². The van der Waals surface area contributed by atoms with E-state index in [2.05, 4.69) is 4.74 Å². The molecule has 0 aromatic rings. The molecule has 0 aromatic carbocycles. The van der Waals surface area contributed by atoms with Gasteiger partial charge in [0.1, 0.15) is 12.1 Å². The largest absolute Gasteiger partial charge is 0.445 e. The standard InChI is InChI=1S/C5H9NO3/c1-5(2)3-9-4(7)6(5)8/h8H,3H2,1-2H3. The number of nitrogens with zero attached hydrogens (tertiary/aromatic N) is 1. The lowest BCUT2D eigenvalue weighted by atomic mass is 10.1. The van der Waals surface area contributed by atoms with Gasteiger partial charge in [-0.2, -0.15) is 5.06 Å². The van der Waals surface area contributed by atoms with Crippen molar-refractivity contribution in [3.05, 3.63) is 0 Å². The topological polar surface area (TPSA) is 49.8 Å². The zero-order chi connectivity index (χ0) is 7.07. The first-order valence-corrected chi connectivity index (χ1v) is 2.70. The Hall–Kier alpha value is -0.770. The summed E-state index contributed by atoms with van der Waals surface area (Å²) in [5.41, 5.74) is -0.558. The van der Waals surface area contributed by atoms with Crippen molar-refractivity contribution in [2.45, 2.75) is 19.4 Å². The first-order chi connectivity index (χ1) is 4.04. The van der Waals surface area contributed by atoms with Gasteiger partial charge in [-0.15, -0.1) is 0 Å². The predicted octanol–water partition coefficient (Wildman–Crippen LogP) is 0.606. The molecule has 9 heavy (non-hydrogen) atoms. The lowest BCUT2D eigenvalue weighted by molar-refractivity contribution is -0.0908. The maximum absolute atomic E-state index is 10.4. The molecule has 0 unspecified atom stereocenters. The summed E-state index contributed by atoms with van der Waals surface area (Å²) >= 11 is 0. The zero-order valence-corrected chi connectivity index (χ0v) is 5.42. The minimum Gasteiger partial charge on any atom is -0.445 e. The van der Waals surface area contributed by atoms with Crippen molar-refractivity contribution in [2.24, 2.45) is 0 Å². The fourth-order valence-corrected chi connectivity index (χ4v) is 0.608. The minimum atomic E-state index is -0.667. The second-order valence-electron chi connectivity index (χ2n) is 2.68. The molecule has 0 radical (unpaired) electrons. The van der Waals surface area contributed by atoms with Crippen LogP contribution in [-0.2, 0) is 4.74 Å². The molecule has 4 nitrogen and oxygen atoms in total. The van der Waals surface area contributed by atoms with E-state index in [1.807, 2.05) is 0 Å². The Bertz CT molecular complexity index is 143. The smallest absolute Gasteiger partial charge is 0.434 e. The van der Waals surface area contributed by atoms with Crippen molar-refractivity contribution in [3.63, 3.8) is 0 Å². The van der Waals surface area contributed by atoms with Gasteiger partial charge in [-0.1, -0.05) is 0 Å². The van der Waals surface area contributed by atoms with Crippen molar-refractivity contribution in [3.8, 4) is 0 Å². The van der Waals surface area contributed by atoms with E-state index in [0.29, 0.717) is 5.06 Å². The van der Waals surface area contributed by atoms with E-state index in [1.165, 1.54) is 0 Å². The van der Waals surface area contributed by atoms with Crippen LogP contribution in [0.2, 0.25) is 0 Å². The number of carbonyl (C=O) groups is 1. The molecule has 1 saturated heterocycles. The third-order valence-corrected chi connectivity index (χ3v) is 1.30. The summed E-state index contributed by atoms with van der Waals surface area (Å²) in [7, 11) is 0. The fraction of sp³-hybridized carbons (Fsp3) is 0.800. The normalized spacial score (nSPS) is 24.3. The molecule has 0 aliphatic carbocycles. The van der Waals surface area contributed by atoms with Crippen molar-refractivity contribution < 1.29 is 14.7 Å². The molecule has 1 fully saturated rings. The van der Waals surface area contributed by atoms with Crippen LogP contribution in [-0.4, -0.2) is 28.5 Å².